The van der Waals surface area contributed by atoms with E-state index in [1.807, 2.05) is 43.3 Å². The Bertz CT molecular complexity index is 813. The molecule has 25 heavy (non-hydrogen) atoms. The normalized spacial score (nSPS) is 11.8. The lowest BCUT2D eigenvalue weighted by Gasteiger charge is -2.18. The molecule has 0 heterocycles. The van der Waals surface area contributed by atoms with Crippen LogP contribution in [0.25, 0.3) is 22.3 Å². The van der Waals surface area contributed by atoms with Gasteiger partial charge in [-0.25, -0.2) is 0 Å². The maximum atomic E-state index is 9.99. The summed E-state index contributed by atoms with van der Waals surface area (Å²) in [6.07, 6.45) is 0.0401. The lowest BCUT2D eigenvalue weighted by Crippen LogP contribution is -2.17. The first-order chi connectivity index (χ1) is 12.2. The van der Waals surface area contributed by atoms with E-state index in [9.17, 15) is 5.11 Å². The van der Waals surface area contributed by atoms with Gasteiger partial charge in [0, 0.05) is 11.3 Å². The van der Waals surface area contributed by atoms with Crippen molar-refractivity contribution in [2.24, 2.45) is 0 Å². The molecule has 0 aliphatic heterocycles. The van der Waals surface area contributed by atoms with Gasteiger partial charge in [0.05, 0.1) is 7.11 Å². The van der Waals surface area contributed by atoms with Crippen molar-refractivity contribution in [3.63, 3.8) is 0 Å². The summed E-state index contributed by atoms with van der Waals surface area (Å²) in [6.45, 7) is 1.94. The summed E-state index contributed by atoms with van der Waals surface area (Å²) in [5, 5.41) is 13.1. The second-order valence-electron chi connectivity index (χ2n) is 5.89. The third-order valence-corrected chi connectivity index (χ3v) is 4.24. The average molecular weight is 333 g/mol. The highest BCUT2D eigenvalue weighted by Gasteiger charge is 2.13. The van der Waals surface area contributed by atoms with Crippen LogP contribution in [-0.2, 0) is 0 Å². The highest BCUT2D eigenvalue weighted by molar-refractivity contribution is 5.84. The minimum Gasteiger partial charge on any atom is -0.496 e. The van der Waals surface area contributed by atoms with Crippen molar-refractivity contribution in [1.29, 1.82) is 0 Å². The molecule has 3 heteroatoms. The minimum atomic E-state index is -0.588. The fraction of sp³-hybridized carbons (Fsp3) is 0.182. The molecule has 0 saturated carbocycles. The third-order valence-electron chi connectivity index (χ3n) is 4.24. The summed E-state index contributed by atoms with van der Waals surface area (Å²) in [5.41, 5.74) is 5.22. The van der Waals surface area contributed by atoms with E-state index in [2.05, 4.69) is 41.7 Å². The van der Waals surface area contributed by atoms with Crippen molar-refractivity contribution in [3.05, 3.63) is 72.8 Å². The monoisotopic (exact) mass is 333 g/mol. The fourth-order valence-electron chi connectivity index (χ4n) is 2.86. The molecule has 1 atom stereocenters. The first-order valence-corrected chi connectivity index (χ1v) is 8.50. The highest BCUT2D eigenvalue weighted by Crippen LogP contribution is 2.38. The number of hydrogen-bond acceptors (Lipinski definition) is 3. The molecule has 128 valence electrons. The van der Waals surface area contributed by atoms with Crippen molar-refractivity contribution >= 4 is 5.69 Å². The van der Waals surface area contributed by atoms with Gasteiger partial charge in [-0.15, -0.1) is 0 Å². The van der Waals surface area contributed by atoms with Crippen LogP contribution in [-0.4, -0.2) is 18.4 Å². The van der Waals surface area contributed by atoms with E-state index in [4.69, 9.17) is 4.74 Å². The molecule has 0 aromatic heterocycles. The Labute approximate surface area is 148 Å². The Balaban J connectivity index is 2.00. The zero-order valence-corrected chi connectivity index (χ0v) is 14.6. The summed E-state index contributed by atoms with van der Waals surface area (Å²) in [4.78, 5) is 0. The van der Waals surface area contributed by atoms with E-state index in [-0.39, 0.29) is 0 Å². The fourth-order valence-corrected chi connectivity index (χ4v) is 2.86. The van der Waals surface area contributed by atoms with E-state index in [0.29, 0.717) is 6.42 Å². The number of rotatable bonds is 6. The lowest BCUT2D eigenvalue weighted by molar-refractivity contribution is 0.199. The predicted molar refractivity (Wildman–Crippen MR) is 104 cm³/mol. The van der Waals surface area contributed by atoms with Gasteiger partial charge in [0.1, 0.15) is 12.0 Å². The van der Waals surface area contributed by atoms with E-state index >= 15 is 0 Å². The lowest BCUT2D eigenvalue weighted by atomic mass is 9.98. The van der Waals surface area contributed by atoms with E-state index in [1.165, 1.54) is 11.1 Å². The van der Waals surface area contributed by atoms with Crippen LogP contribution in [0.3, 0.4) is 0 Å². The molecule has 0 saturated heterocycles. The first kappa shape index (κ1) is 17.1. The van der Waals surface area contributed by atoms with Crippen LogP contribution < -0.4 is 10.1 Å². The van der Waals surface area contributed by atoms with Crippen LogP contribution in [0.5, 0.6) is 5.75 Å². The molecular formula is C22H23NO2. The van der Waals surface area contributed by atoms with E-state index < -0.39 is 6.23 Å². The largest absolute Gasteiger partial charge is 0.496 e. The van der Waals surface area contributed by atoms with E-state index in [0.717, 1.165) is 22.6 Å². The highest BCUT2D eigenvalue weighted by atomic mass is 16.5. The van der Waals surface area contributed by atoms with Crippen molar-refractivity contribution in [2.45, 2.75) is 19.6 Å². The smallest absolute Gasteiger partial charge is 0.128 e. The zero-order chi connectivity index (χ0) is 17.6. The quantitative estimate of drug-likeness (QED) is 0.612. The van der Waals surface area contributed by atoms with Crippen LogP contribution in [0.15, 0.2) is 72.8 Å². The number of ether oxygens (including phenoxy) is 1. The van der Waals surface area contributed by atoms with Gasteiger partial charge in [-0.05, 0) is 35.2 Å². The van der Waals surface area contributed by atoms with Crippen LogP contribution in [0.4, 0.5) is 5.69 Å². The molecule has 0 aliphatic rings. The van der Waals surface area contributed by atoms with Crippen LogP contribution >= 0.6 is 0 Å². The minimum absolute atomic E-state index is 0.588. The Morgan fingerprint density at radius 3 is 2.12 bits per heavy atom. The molecule has 3 aromatic carbocycles. The second kappa shape index (κ2) is 7.86. The maximum Gasteiger partial charge on any atom is 0.128 e. The van der Waals surface area contributed by atoms with Gasteiger partial charge in [-0.3, -0.25) is 0 Å². The number of benzene rings is 3. The number of aliphatic hydroxyl groups is 1. The number of nitrogens with one attached hydrogen (secondary N) is 1. The Hall–Kier alpha value is -2.78. The third kappa shape index (κ3) is 3.83. The van der Waals surface area contributed by atoms with Gasteiger partial charge in [-0.2, -0.15) is 0 Å². The standard InChI is InChI=1S/C22H23NO2/c1-3-21(24)23-19-10-7-11-20(25-2)22(19)18-14-12-17(13-15-18)16-8-5-4-6-9-16/h4-15,21,23-24H,3H2,1-2H3. The molecule has 0 fully saturated rings. The van der Waals surface area contributed by atoms with Crippen LogP contribution in [0, 0.1) is 0 Å². The van der Waals surface area contributed by atoms with Crippen molar-refractivity contribution < 1.29 is 9.84 Å². The molecule has 0 bridgehead atoms. The molecule has 0 amide bonds. The second-order valence-corrected chi connectivity index (χ2v) is 5.89. The van der Waals surface area contributed by atoms with Gasteiger partial charge in [0.2, 0.25) is 0 Å². The molecule has 2 N–H and O–H groups in total. The van der Waals surface area contributed by atoms with Crippen molar-refractivity contribution in [2.75, 3.05) is 12.4 Å². The zero-order valence-electron chi connectivity index (χ0n) is 14.6. The first-order valence-electron chi connectivity index (χ1n) is 8.50. The Morgan fingerprint density at radius 1 is 0.840 bits per heavy atom. The SMILES string of the molecule is CCC(O)Nc1cccc(OC)c1-c1ccc(-c2ccccc2)cc1. The van der Waals surface area contributed by atoms with Crippen molar-refractivity contribution in [3.8, 4) is 28.0 Å². The molecule has 3 aromatic rings. The number of hydrogen-bond donors (Lipinski definition) is 2. The van der Waals surface area contributed by atoms with Gasteiger partial charge in [0.25, 0.3) is 0 Å². The summed E-state index contributed by atoms with van der Waals surface area (Å²) >= 11 is 0. The molecule has 3 nitrogen and oxygen atoms in total. The number of anilines is 1. The summed E-state index contributed by atoms with van der Waals surface area (Å²) < 4.78 is 5.55. The summed E-state index contributed by atoms with van der Waals surface area (Å²) in [7, 11) is 1.66. The molecular weight excluding hydrogens is 310 g/mol. The molecule has 0 radical (unpaired) electrons. The Kier molecular flexibility index (Phi) is 5.36. The molecule has 0 spiro atoms. The van der Waals surface area contributed by atoms with E-state index in [1.54, 1.807) is 7.11 Å². The van der Waals surface area contributed by atoms with Crippen molar-refractivity contribution in [1.82, 2.24) is 0 Å². The Morgan fingerprint density at radius 2 is 1.48 bits per heavy atom. The summed E-state index contributed by atoms with van der Waals surface area (Å²) in [5.74, 6) is 0.778. The van der Waals surface area contributed by atoms with Crippen LogP contribution in [0.1, 0.15) is 13.3 Å². The van der Waals surface area contributed by atoms with Gasteiger partial charge >= 0.3 is 0 Å². The molecule has 3 rings (SSSR count). The average Bonchev–Trinajstić information content (AvgIpc) is 2.68. The van der Waals surface area contributed by atoms with Gasteiger partial charge in [-0.1, -0.05) is 67.6 Å². The maximum absolute atomic E-state index is 9.99. The number of methoxy groups -OCH3 is 1. The van der Waals surface area contributed by atoms with Crippen LogP contribution in [0.2, 0.25) is 0 Å². The molecule has 1 unspecified atom stereocenters. The number of aliphatic hydroxyl groups excluding tert-OH is 1. The van der Waals surface area contributed by atoms with Gasteiger partial charge in [0.15, 0.2) is 0 Å². The van der Waals surface area contributed by atoms with Gasteiger partial charge < -0.3 is 15.2 Å². The molecule has 0 aliphatic carbocycles. The summed E-state index contributed by atoms with van der Waals surface area (Å²) in [6, 6.07) is 24.5. The predicted octanol–water partition coefficient (Wildman–Crippen LogP) is 5.17. The topological polar surface area (TPSA) is 41.5 Å².